The summed E-state index contributed by atoms with van der Waals surface area (Å²) in [4.78, 5) is 6.86. The number of aryl methyl sites for hydroxylation is 1. The number of ether oxygens (including phenoxy) is 1. The van der Waals surface area contributed by atoms with Gasteiger partial charge < -0.3 is 15.0 Å². The third-order valence-electron chi connectivity index (χ3n) is 5.91. The topological polar surface area (TPSA) is 63.2 Å². The predicted octanol–water partition coefficient (Wildman–Crippen LogP) is 5.14. The van der Waals surface area contributed by atoms with Gasteiger partial charge in [-0.1, -0.05) is 12.1 Å². The quantitative estimate of drug-likeness (QED) is 0.587. The minimum atomic E-state index is -4.39. The van der Waals surface area contributed by atoms with Gasteiger partial charge in [-0.2, -0.15) is 18.3 Å². The number of nitrogens with zero attached hydrogens (tertiary/aromatic N) is 4. The monoisotopic (exact) mass is 445 g/mol. The number of hydrogen-bond acceptors (Lipinski definition) is 6. The first-order valence-corrected chi connectivity index (χ1v) is 10.6. The van der Waals surface area contributed by atoms with Gasteiger partial charge in [0.05, 0.1) is 40.8 Å². The Labute approximate surface area is 184 Å². The zero-order chi connectivity index (χ0) is 22.9. The van der Waals surface area contributed by atoms with Gasteiger partial charge in [0.1, 0.15) is 0 Å². The lowest BCUT2D eigenvalue weighted by molar-refractivity contribution is -0.137. The zero-order valence-corrected chi connectivity index (χ0v) is 18.3. The van der Waals surface area contributed by atoms with Crippen molar-refractivity contribution in [2.24, 2.45) is 0 Å². The first kappa shape index (κ1) is 22.3. The molecule has 1 fully saturated rings. The summed E-state index contributed by atoms with van der Waals surface area (Å²) in [6.07, 6.45) is -0.328. The third kappa shape index (κ3) is 4.62. The fourth-order valence-electron chi connectivity index (χ4n) is 4.07. The molecule has 1 aliphatic rings. The standard InChI is InChI=1S/C23H26F3N5O/c1-14(16-6-4-7-17(10-16)23(24,25)26)28-22-20-11-18(12-27-21(20)15(2)29-30-22)31-9-5-8-19(13-31)32-3/h4,6-7,10-12,14,19H,5,8-9,13H2,1-3H3,(H,28,30)/t14-,19+/m1/s1. The van der Waals surface area contributed by atoms with E-state index in [9.17, 15) is 13.2 Å². The molecule has 0 bridgehead atoms. The van der Waals surface area contributed by atoms with E-state index in [4.69, 9.17) is 4.74 Å². The smallest absolute Gasteiger partial charge is 0.380 e. The Morgan fingerprint density at radius 3 is 2.78 bits per heavy atom. The van der Waals surface area contributed by atoms with Gasteiger partial charge in [0.25, 0.3) is 0 Å². The summed E-state index contributed by atoms with van der Waals surface area (Å²) in [6, 6.07) is 6.91. The van der Waals surface area contributed by atoms with Gasteiger partial charge in [-0.25, -0.2) is 0 Å². The normalized spacial score (nSPS) is 18.1. The van der Waals surface area contributed by atoms with Gasteiger partial charge in [0.2, 0.25) is 0 Å². The molecule has 0 spiro atoms. The molecule has 1 saturated heterocycles. The predicted molar refractivity (Wildman–Crippen MR) is 118 cm³/mol. The fraction of sp³-hybridized carbons (Fsp3) is 0.435. The summed E-state index contributed by atoms with van der Waals surface area (Å²) in [5.41, 5.74) is 2.20. The molecule has 1 aliphatic heterocycles. The lowest BCUT2D eigenvalue weighted by Gasteiger charge is -2.33. The molecule has 3 aromatic rings. The van der Waals surface area contributed by atoms with Crippen molar-refractivity contribution in [3.63, 3.8) is 0 Å². The number of anilines is 2. The molecule has 1 aromatic carbocycles. The highest BCUT2D eigenvalue weighted by atomic mass is 19.4. The Balaban J connectivity index is 1.66. The molecule has 2 atom stereocenters. The number of nitrogens with one attached hydrogen (secondary N) is 1. The van der Waals surface area contributed by atoms with Gasteiger partial charge in [-0.3, -0.25) is 4.98 Å². The number of aromatic nitrogens is 3. The van der Waals surface area contributed by atoms with E-state index in [0.717, 1.165) is 49.1 Å². The Kier molecular flexibility index (Phi) is 6.19. The molecule has 4 rings (SSSR count). The largest absolute Gasteiger partial charge is 0.416 e. The minimum absolute atomic E-state index is 0.176. The summed E-state index contributed by atoms with van der Waals surface area (Å²) in [5.74, 6) is 0.491. The van der Waals surface area contributed by atoms with E-state index in [2.05, 4.69) is 25.4 Å². The molecule has 0 saturated carbocycles. The van der Waals surface area contributed by atoms with Crippen LogP contribution in [-0.4, -0.2) is 41.5 Å². The summed E-state index contributed by atoms with van der Waals surface area (Å²) in [7, 11) is 1.73. The van der Waals surface area contributed by atoms with Crippen molar-refractivity contribution in [2.75, 3.05) is 30.4 Å². The number of rotatable bonds is 5. The molecular formula is C23H26F3N5O. The van der Waals surface area contributed by atoms with Crippen LogP contribution in [0.1, 0.15) is 42.6 Å². The Hall–Kier alpha value is -2.94. The van der Waals surface area contributed by atoms with Crippen LogP contribution in [0.2, 0.25) is 0 Å². The van der Waals surface area contributed by atoms with Gasteiger partial charge in [0, 0.05) is 25.6 Å². The van der Waals surface area contributed by atoms with E-state index in [1.54, 1.807) is 20.1 Å². The number of fused-ring (bicyclic) bond motifs is 1. The summed E-state index contributed by atoms with van der Waals surface area (Å²) in [5, 5.41) is 12.5. The average molecular weight is 445 g/mol. The van der Waals surface area contributed by atoms with Crippen LogP contribution < -0.4 is 10.2 Å². The van der Waals surface area contributed by atoms with Crippen molar-refractivity contribution < 1.29 is 17.9 Å². The van der Waals surface area contributed by atoms with Gasteiger partial charge in [-0.15, -0.1) is 5.10 Å². The highest BCUT2D eigenvalue weighted by Gasteiger charge is 2.30. The number of piperidine rings is 1. The Bertz CT molecular complexity index is 1100. The van der Waals surface area contributed by atoms with Crippen LogP contribution >= 0.6 is 0 Å². The number of pyridine rings is 1. The van der Waals surface area contributed by atoms with Gasteiger partial charge >= 0.3 is 6.18 Å². The van der Waals surface area contributed by atoms with E-state index in [-0.39, 0.29) is 6.10 Å². The van der Waals surface area contributed by atoms with E-state index in [0.29, 0.717) is 22.6 Å². The Morgan fingerprint density at radius 1 is 1.22 bits per heavy atom. The first-order chi connectivity index (χ1) is 15.3. The van der Waals surface area contributed by atoms with Crippen molar-refractivity contribution in [1.82, 2.24) is 15.2 Å². The zero-order valence-electron chi connectivity index (χ0n) is 18.3. The van der Waals surface area contributed by atoms with Crippen LogP contribution in [-0.2, 0) is 10.9 Å². The second kappa shape index (κ2) is 8.90. The van der Waals surface area contributed by atoms with Crippen molar-refractivity contribution in [3.8, 4) is 0 Å². The van der Waals surface area contributed by atoms with Crippen molar-refractivity contribution >= 4 is 22.4 Å². The SMILES string of the molecule is CO[C@H]1CCCN(c2cnc3c(C)nnc(N[C@H](C)c4cccc(C(F)(F)F)c4)c3c2)C1. The maximum atomic E-state index is 13.1. The molecule has 6 nitrogen and oxygen atoms in total. The summed E-state index contributed by atoms with van der Waals surface area (Å²) >= 11 is 0. The second-order valence-corrected chi connectivity index (χ2v) is 8.16. The molecule has 32 heavy (non-hydrogen) atoms. The van der Waals surface area contributed by atoms with Crippen LogP contribution in [0.4, 0.5) is 24.7 Å². The van der Waals surface area contributed by atoms with E-state index >= 15 is 0 Å². The second-order valence-electron chi connectivity index (χ2n) is 8.16. The van der Waals surface area contributed by atoms with E-state index < -0.39 is 17.8 Å². The molecule has 3 heterocycles. The van der Waals surface area contributed by atoms with Crippen molar-refractivity contribution in [1.29, 1.82) is 0 Å². The fourth-order valence-corrected chi connectivity index (χ4v) is 4.07. The van der Waals surface area contributed by atoms with Crippen LogP contribution in [0.3, 0.4) is 0 Å². The number of alkyl halides is 3. The van der Waals surface area contributed by atoms with Gasteiger partial charge in [0.15, 0.2) is 5.82 Å². The molecule has 9 heteroatoms. The van der Waals surface area contributed by atoms with Crippen molar-refractivity contribution in [3.05, 3.63) is 53.3 Å². The molecule has 170 valence electrons. The lowest BCUT2D eigenvalue weighted by atomic mass is 10.0. The molecule has 2 aromatic heterocycles. The van der Waals surface area contributed by atoms with Crippen LogP contribution in [0.15, 0.2) is 36.5 Å². The molecule has 0 amide bonds. The number of halogens is 3. The average Bonchev–Trinajstić information content (AvgIpc) is 2.80. The van der Waals surface area contributed by atoms with Gasteiger partial charge in [-0.05, 0) is 50.5 Å². The molecular weight excluding hydrogens is 419 g/mol. The van der Waals surface area contributed by atoms with Crippen LogP contribution in [0, 0.1) is 6.92 Å². The van der Waals surface area contributed by atoms with E-state index in [1.807, 2.05) is 19.2 Å². The number of hydrogen-bond donors (Lipinski definition) is 1. The molecule has 0 aliphatic carbocycles. The molecule has 1 N–H and O–H groups in total. The maximum Gasteiger partial charge on any atom is 0.416 e. The molecule has 0 unspecified atom stereocenters. The minimum Gasteiger partial charge on any atom is -0.380 e. The van der Waals surface area contributed by atoms with Crippen LogP contribution in [0.5, 0.6) is 0 Å². The summed E-state index contributed by atoms with van der Waals surface area (Å²) < 4.78 is 44.9. The van der Waals surface area contributed by atoms with Crippen molar-refractivity contribution in [2.45, 2.75) is 45.0 Å². The summed E-state index contributed by atoms with van der Waals surface area (Å²) in [6.45, 7) is 5.33. The number of methoxy groups -OCH3 is 1. The number of benzene rings is 1. The lowest BCUT2D eigenvalue weighted by Crippen LogP contribution is -2.39. The first-order valence-electron chi connectivity index (χ1n) is 10.6. The van der Waals surface area contributed by atoms with E-state index in [1.165, 1.54) is 6.07 Å². The highest BCUT2D eigenvalue weighted by molar-refractivity contribution is 5.92. The maximum absolute atomic E-state index is 13.1. The highest BCUT2D eigenvalue weighted by Crippen LogP contribution is 2.33. The third-order valence-corrected chi connectivity index (χ3v) is 5.91. The molecule has 0 radical (unpaired) electrons. The Morgan fingerprint density at radius 2 is 2.03 bits per heavy atom. The van der Waals surface area contributed by atoms with Crippen LogP contribution in [0.25, 0.3) is 10.9 Å².